The number of rotatable bonds is 14. The largest absolute Gasteiger partial charge is 0.466 e. The standard InChI is InChI=1S/C36H28N4O4.C32H23BrN4O2.2CH4/c1-25-22-27(20-21-37-25)35-31-23-26(18-19-34(41)44-2)32(40(42)43)24-33(31)39(38-35)36(28-12-6-3-7-13-28,29-14-8-4-9-15-29)30-16-10-5-11-17-30;1-22-19-23(17-18-34-22)31-27-20-28(33)30(37(38)39)21-29(27)36(35-31)32(24-11-5-2-6-12-24,25-13-7-3-8-14-25)26-15-9-4-10-16-26;;/h3-24H,1-2H3;2-21H,1H3;2*1H4/b19-18+;;;. The van der Waals surface area contributed by atoms with E-state index in [4.69, 9.17) is 14.9 Å². The molecule has 8 aromatic carbocycles. The minimum Gasteiger partial charge on any atom is -0.466 e. The molecule has 0 saturated carbocycles. The number of ether oxygens (including phenoxy) is 1. The fourth-order valence-electron chi connectivity index (χ4n) is 11.1. The van der Waals surface area contributed by atoms with Crippen LogP contribution in [-0.2, 0) is 20.6 Å². The third-order valence-corrected chi connectivity index (χ3v) is 15.3. The molecule has 0 N–H and O–H groups in total. The lowest BCUT2D eigenvalue weighted by atomic mass is 9.77. The molecule has 15 heteroatoms. The molecule has 0 aliphatic carbocycles. The second kappa shape index (κ2) is 25.3. The number of fused-ring (bicyclic) bond motifs is 2. The van der Waals surface area contributed by atoms with E-state index in [1.807, 2.05) is 193 Å². The molecule has 0 aliphatic rings. The fourth-order valence-corrected chi connectivity index (χ4v) is 11.6. The van der Waals surface area contributed by atoms with Gasteiger partial charge >= 0.3 is 5.97 Å². The van der Waals surface area contributed by atoms with Gasteiger partial charge in [-0.25, -0.2) is 14.2 Å². The summed E-state index contributed by atoms with van der Waals surface area (Å²) in [5, 5.41) is 36.7. The molecule has 0 fully saturated rings. The summed E-state index contributed by atoms with van der Waals surface area (Å²) in [4.78, 5) is 44.5. The van der Waals surface area contributed by atoms with E-state index in [1.165, 1.54) is 19.3 Å². The van der Waals surface area contributed by atoms with E-state index in [-0.39, 0.29) is 36.7 Å². The van der Waals surface area contributed by atoms with Crippen LogP contribution < -0.4 is 0 Å². The van der Waals surface area contributed by atoms with Gasteiger partial charge < -0.3 is 4.74 Å². The minimum absolute atomic E-state index is 0. The van der Waals surface area contributed by atoms with Crippen LogP contribution in [0.3, 0.4) is 0 Å². The number of pyridine rings is 2. The molecule has 0 unspecified atom stereocenters. The summed E-state index contributed by atoms with van der Waals surface area (Å²) in [7, 11) is 1.26. The highest BCUT2D eigenvalue weighted by atomic mass is 79.9. The normalized spacial score (nSPS) is 11.3. The van der Waals surface area contributed by atoms with Crippen LogP contribution in [0.25, 0.3) is 50.4 Å². The first-order valence-electron chi connectivity index (χ1n) is 26.5. The number of carbonyl (C=O) groups is 1. The van der Waals surface area contributed by atoms with E-state index in [9.17, 15) is 25.0 Å². The van der Waals surface area contributed by atoms with Gasteiger partial charge in [0.05, 0.1) is 38.0 Å². The van der Waals surface area contributed by atoms with Crippen LogP contribution in [0, 0.1) is 34.1 Å². The van der Waals surface area contributed by atoms with Gasteiger partial charge in [-0.05, 0) is 106 Å². The molecule has 0 spiro atoms. The molecule has 14 nitrogen and oxygen atoms in total. The van der Waals surface area contributed by atoms with Crippen molar-refractivity contribution in [2.75, 3.05) is 7.11 Å². The lowest BCUT2D eigenvalue weighted by Gasteiger charge is -2.37. The quantitative estimate of drug-likeness (QED) is 0.0335. The van der Waals surface area contributed by atoms with Crippen molar-refractivity contribution in [1.29, 1.82) is 0 Å². The molecule has 0 radical (unpaired) electrons. The van der Waals surface area contributed by atoms with E-state index < -0.39 is 22.0 Å². The van der Waals surface area contributed by atoms with E-state index in [2.05, 4.69) is 62.3 Å². The summed E-state index contributed by atoms with van der Waals surface area (Å²) in [5.74, 6) is -0.615. The maximum Gasteiger partial charge on any atom is 0.330 e. The average molecular weight is 1190 g/mol. The Kier molecular flexibility index (Phi) is 17.6. The minimum atomic E-state index is -1.01. The number of nitrogens with zero attached hydrogens (tertiary/aromatic N) is 8. The molecule has 4 heterocycles. The maximum absolute atomic E-state index is 12.5. The number of hydrogen-bond acceptors (Lipinski definition) is 10. The number of esters is 1. The third kappa shape index (κ3) is 11.0. The molecule has 0 saturated heterocycles. The Bertz CT molecular complexity index is 4180. The number of nitro benzene ring substituents is 2. The van der Waals surface area contributed by atoms with Gasteiger partial charge in [-0.3, -0.25) is 30.2 Å². The number of aromatic nitrogens is 6. The average Bonchev–Trinajstić information content (AvgIpc) is 1.78. The molecular formula is C70H59BrN8O6. The van der Waals surface area contributed by atoms with Crippen LogP contribution in [-0.4, -0.2) is 52.5 Å². The Balaban J connectivity index is 0.000000200. The van der Waals surface area contributed by atoms with Crippen molar-refractivity contribution in [2.24, 2.45) is 0 Å². The van der Waals surface area contributed by atoms with Crippen LogP contribution in [0.4, 0.5) is 11.4 Å². The van der Waals surface area contributed by atoms with Gasteiger partial charge in [-0.15, -0.1) is 0 Å². The fraction of sp³-hybridized carbons (Fsp3) is 0.100. The Hall–Kier alpha value is -10.5. The monoisotopic (exact) mass is 1190 g/mol. The number of hydrogen-bond donors (Lipinski definition) is 0. The van der Waals surface area contributed by atoms with E-state index in [1.54, 1.807) is 36.7 Å². The highest BCUT2D eigenvalue weighted by molar-refractivity contribution is 9.10. The van der Waals surface area contributed by atoms with Gasteiger partial charge in [0, 0.05) is 63.9 Å². The number of carbonyl (C=O) groups excluding carboxylic acids is 1. The van der Waals surface area contributed by atoms with Gasteiger partial charge in [-0.1, -0.05) is 197 Å². The summed E-state index contributed by atoms with van der Waals surface area (Å²) in [6.07, 6.45) is 6.06. The maximum atomic E-state index is 12.5. The van der Waals surface area contributed by atoms with E-state index >= 15 is 0 Å². The Morgan fingerprint density at radius 2 is 0.824 bits per heavy atom. The Morgan fingerprint density at radius 1 is 0.494 bits per heavy atom. The highest BCUT2D eigenvalue weighted by Crippen LogP contribution is 2.48. The van der Waals surface area contributed by atoms with Crippen LogP contribution >= 0.6 is 15.9 Å². The summed E-state index contributed by atoms with van der Waals surface area (Å²) in [6.45, 7) is 3.84. The van der Waals surface area contributed by atoms with Gasteiger partial charge in [0.2, 0.25) is 0 Å². The summed E-state index contributed by atoms with van der Waals surface area (Å²) in [5.41, 5.74) is 9.74. The number of methoxy groups -OCH3 is 1. The Morgan fingerprint density at radius 3 is 1.14 bits per heavy atom. The highest BCUT2D eigenvalue weighted by Gasteiger charge is 2.43. The molecule has 4 aromatic heterocycles. The first kappa shape index (κ1) is 59.1. The SMILES string of the molecule is C.C.COC(=O)/C=C/c1cc2c(-c3ccnc(C)c3)nn(C(c3ccccc3)(c3ccccc3)c3ccccc3)c2cc1[N+](=O)[O-].Cc1cc(-c2nn(C(c3ccccc3)(c3ccccc3)c3ccccc3)c3cc([N+](=O)[O-])c(Br)cc23)ccn1. The van der Waals surface area contributed by atoms with Gasteiger partial charge in [-0.2, -0.15) is 10.2 Å². The van der Waals surface area contributed by atoms with Crippen LogP contribution in [0.15, 0.2) is 253 Å². The van der Waals surface area contributed by atoms with E-state index in [0.29, 0.717) is 26.6 Å². The molecule has 0 atom stereocenters. The van der Waals surface area contributed by atoms with Gasteiger partial charge in [0.15, 0.2) is 0 Å². The first-order chi connectivity index (χ1) is 40.4. The van der Waals surface area contributed by atoms with Crippen molar-refractivity contribution in [2.45, 2.75) is 39.8 Å². The summed E-state index contributed by atoms with van der Waals surface area (Å²) >= 11 is 3.44. The van der Waals surface area contributed by atoms with Crippen molar-refractivity contribution in [3.63, 3.8) is 0 Å². The number of benzene rings is 8. The molecule has 85 heavy (non-hydrogen) atoms. The lowest BCUT2D eigenvalue weighted by molar-refractivity contribution is -0.385. The molecular weight excluding hydrogens is 1130 g/mol. The summed E-state index contributed by atoms with van der Waals surface area (Å²) in [6, 6.07) is 74.9. The van der Waals surface area contributed by atoms with Crippen molar-refractivity contribution in [3.05, 3.63) is 324 Å². The van der Waals surface area contributed by atoms with E-state index in [0.717, 1.165) is 67.0 Å². The molecule has 0 amide bonds. The van der Waals surface area contributed by atoms with Crippen LogP contribution in [0.1, 0.15) is 65.2 Å². The molecule has 0 aliphatic heterocycles. The number of nitro groups is 2. The number of halogens is 1. The zero-order chi connectivity index (χ0) is 57.7. The van der Waals surface area contributed by atoms with Crippen LogP contribution in [0.2, 0.25) is 0 Å². The van der Waals surface area contributed by atoms with Crippen molar-refractivity contribution in [3.8, 4) is 22.5 Å². The number of aryl methyl sites for hydroxylation is 2. The molecule has 422 valence electrons. The Labute approximate surface area is 500 Å². The van der Waals surface area contributed by atoms with Crippen molar-refractivity contribution >= 4 is 61.2 Å². The predicted octanol–water partition coefficient (Wildman–Crippen LogP) is 16.5. The van der Waals surface area contributed by atoms with Gasteiger partial charge in [0.25, 0.3) is 11.4 Å². The smallest absolute Gasteiger partial charge is 0.330 e. The predicted molar refractivity (Wildman–Crippen MR) is 340 cm³/mol. The molecule has 0 bridgehead atoms. The second-order valence-corrected chi connectivity index (χ2v) is 20.5. The zero-order valence-electron chi connectivity index (χ0n) is 45.2. The first-order valence-corrected chi connectivity index (χ1v) is 27.3. The lowest BCUT2D eigenvalue weighted by Crippen LogP contribution is -2.38. The van der Waals surface area contributed by atoms with Crippen molar-refractivity contribution in [1.82, 2.24) is 29.5 Å². The van der Waals surface area contributed by atoms with Crippen LogP contribution in [0.5, 0.6) is 0 Å². The second-order valence-electron chi connectivity index (χ2n) is 19.6. The zero-order valence-corrected chi connectivity index (χ0v) is 46.7. The molecule has 12 rings (SSSR count). The van der Waals surface area contributed by atoms with Crippen molar-refractivity contribution < 1.29 is 19.4 Å². The third-order valence-electron chi connectivity index (χ3n) is 14.7. The van der Waals surface area contributed by atoms with Gasteiger partial charge in [0.1, 0.15) is 22.5 Å². The topological polar surface area (TPSA) is 174 Å². The summed E-state index contributed by atoms with van der Waals surface area (Å²) < 4.78 is 8.99. The molecule has 12 aromatic rings.